The molecular weight excluding hydrogens is 389 g/mol. The molecule has 0 N–H and O–H groups in total. The van der Waals surface area contributed by atoms with Crippen LogP contribution in [0, 0.1) is 5.82 Å². The van der Waals surface area contributed by atoms with Crippen LogP contribution in [0.3, 0.4) is 0 Å². The first-order valence-electron chi connectivity index (χ1n) is 8.71. The van der Waals surface area contributed by atoms with Crippen LogP contribution in [0.25, 0.3) is 16.9 Å². The second kappa shape index (κ2) is 7.75. The Morgan fingerprint density at radius 3 is 2.32 bits per heavy atom. The zero-order valence-corrected chi connectivity index (χ0v) is 15.6. The molecular formula is C19H17F3N4OS. The molecule has 28 heavy (non-hydrogen) atoms. The van der Waals surface area contributed by atoms with E-state index in [2.05, 4.69) is 15.0 Å². The van der Waals surface area contributed by atoms with Crippen LogP contribution in [0.1, 0.15) is 12.1 Å². The van der Waals surface area contributed by atoms with E-state index in [0.717, 1.165) is 22.6 Å². The number of nitrogens with zero attached hydrogens (tertiary/aromatic N) is 4. The molecule has 0 spiro atoms. The molecule has 0 bridgehead atoms. The third kappa shape index (κ3) is 3.66. The molecule has 5 nitrogen and oxygen atoms in total. The van der Waals surface area contributed by atoms with Crippen molar-refractivity contribution in [1.82, 2.24) is 14.8 Å². The van der Waals surface area contributed by atoms with Crippen LogP contribution in [-0.2, 0) is 10.8 Å². The SMILES string of the molecule is O=S1CCN(c2ccc(-c3cnn(-c4ccc(F)cn4)c3C(F)F)cc2)CC1. The lowest BCUT2D eigenvalue weighted by Gasteiger charge is -2.28. The molecule has 1 fully saturated rings. The number of hydrogen-bond acceptors (Lipinski definition) is 4. The molecule has 0 atom stereocenters. The lowest BCUT2D eigenvalue weighted by atomic mass is 10.1. The summed E-state index contributed by atoms with van der Waals surface area (Å²) in [6.45, 7) is 1.42. The number of pyridine rings is 1. The third-order valence-electron chi connectivity index (χ3n) is 4.66. The van der Waals surface area contributed by atoms with E-state index in [0.29, 0.717) is 35.7 Å². The maximum atomic E-state index is 13.8. The van der Waals surface area contributed by atoms with E-state index in [9.17, 15) is 17.4 Å². The quantitative estimate of drug-likeness (QED) is 0.665. The lowest BCUT2D eigenvalue weighted by Crippen LogP contribution is -2.37. The van der Waals surface area contributed by atoms with E-state index in [1.54, 1.807) is 12.1 Å². The first kappa shape index (κ1) is 18.7. The summed E-state index contributed by atoms with van der Waals surface area (Å²) in [5.74, 6) is 0.844. The van der Waals surface area contributed by atoms with E-state index >= 15 is 0 Å². The molecule has 3 aromatic rings. The van der Waals surface area contributed by atoms with Crippen LogP contribution in [0.2, 0.25) is 0 Å². The molecule has 9 heteroatoms. The monoisotopic (exact) mass is 406 g/mol. The van der Waals surface area contributed by atoms with Crippen molar-refractivity contribution < 1.29 is 17.4 Å². The van der Waals surface area contributed by atoms with E-state index in [4.69, 9.17) is 0 Å². The molecule has 0 aliphatic carbocycles. The summed E-state index contributed by atoms with van der Waals surface area (Å²) < 4.78 is 53.2. The summed E-state index contributed by atoms with van der Waals surface area (Å²) in [7, 11) is -0.760. The van der Waals surface area contributed by atoms with E-state index in [1.807, 2.05) is 12.1 Å². The highest BCUT2D eigenvalue weighted by Crippen LogP contribution is 2.33. The van der Waals surface area contributed by atoms with Crippen molar-refractivity contribution in [1.29, 1.82) is 0 Å². The summed E-state index contributed by atoms with van der Waals surface area (Å²) in [5, 5.41) is 4.04. The smallest absolute Gasteiger partial charge is 0.281 e. The van der Waals surface area contributed by atoms with E-state index in [-0.39, 0.29) is 11.5 Å². The molecule has 1 saturated heterocycles. The molecule has 1 aliphatic rings. The number of anilines is 1. The van der Waals surface area contributed by atoms with Gasteiger partial charge in [-0.3, -0.25) is 4.21 Å². The fourth-order valence-electron chi connectivity index (χ4n) is 3.21. The Balaban J connectivity index is 1.65. The zero-order valence-electron chi connectivity index (χ0n) is 14.8. The third-order valence-corrected chi connectivity index (χ3v) is 5.94. The largest absolute Gasteiger partial charge is 0.370 e. The van der Waals surface area contributed by atoms with Crippen LogP contribution >= 0.6 is 0 Å². The van der Waals surface area contributed by atoms with Gasteiger partial charge in [-0.1, -0.05) is 12.1 Å². The van der Waals surface area contributed by atoms with Crippen molar-refractivity contribution in [2.75, 3.05) is 29.5 Å². The first-order valence-corrected chi connectivity index (χ1v) is 10.2. The summed E-state index contributed by atoms with van der Waals surface area (Å²) in [5.41, 5.74) is 1.58. The summed E-state index contributed by atoms with van der Waals surface area (Å²) in [6, 6.07) is 9.73. The van der Waals surface area contributed by atoms with Crippen molar-refractivity contribution in [3.05, 3.63) is 60.3 Å². The van der Waals surface area contributed by atoms with Crippen molar-refractivity contribution >= 4 is 16.5 Å². The molecule has 1 aliphatic heterocycles. The van der Waals surface area contributed by atoms with Gasteiger partial charge in [0.05, 0.1) is 12.4 Å². The maximum Gasteiger partial charge on any atom is 0.281 e. The average Bonchev–Trinajstić information content (AvgIpc) is 3.15. The molecule has 2 aromatic heterocycles. The topological polar surface area (TPSA) is 51.0 Å². The molecule has 1 aromatic carbocycles. The van der Waals surface area contributed by atoms with E-state index < -0.39 is 23.0 Å². The lowest BCUT2D eigenvalue weighted by molar-refractivity contribution is 0.143. The second-order valence-electron chi connectivity index (χ2n) is 6.37. The number of benzene rings is 1. The van der Waals surface area contributed by atoms with E-state index in [1.165, 1.54) is 12.3 Å². The minimum atomic E-state index is -2.78. The van der Waals surface area contributed by atoms with Crippen LogP contribution in [0.15, 0.2) is 48.8 Å². The predicted octanol–water partition coefficient (Wildman–Crippen LogP) is 3.58. The number of aromatic nitrogens is 3. The number of alkyl halides is 2. The molecule has 146 valence electrons. The van der Waals surface area contributed by atoms with Gasteiger partial charge >= 0.3 is 0 Å². The first-order chi connectivity index (χ1) is 13.5. The Bertz CT molecular complexity index is 979. The van der Waals surface area contributed by atoms with Gasteiger partial charge in [-0.2, -0.15) is 5.10 Å². The van der Waals surface area contributed by atoms with Gasteiger partial charge in [-0.05, 0) is 29.8 Å². The Kier molecular flexibility index (Phi) is 5.17. The Morgan fingerprint density at radius 1 is 1.00 bits per heavy atom. The molecule has 0 radical (unpaired) electrons. The normalized spacial score (nSPS) is 15.4. The van der Waals surface area contributed by atoms with Gasteiger partial charge in [0, 0.05) is 46.6 Å². The number of hydrogen-bond donors (Lipinski definition) is 0. The van der Waals surface area contributed by atoms with Gasteiger partial charge in [0.2, 0.25) is 0 Å². The zero-order chi connectivity index (χ0) is 19.7. The van der Waals surface area contributed by atoms with Gasteiger partial charge in [-0.15, -0.1) is 0 Å². The maximum absolute atomic E-state index is 13.8. The van der Waals surface area contributed by atoms with Crippen LogP contribution in [-0.4, -0.2) is 43.6 Å². The summed E-state index contributed by atoms with van der Waals surface area (Å²) >= 11 is 0. The minimum Gasteiger partial charge on any atom is -0.370 e. The predicted molar refractivity (Wildman–Crippen MR) is 102 cm³/mol. The van der Waals surface area contributed by atoms with Gasteiger partial charge < -0.3 is 4.90 Å². The van der Waals surface area contributed by atoms with Gasteiger partial charge in [0.15, 0.2) is 5.82 Å². The fraction of sp³-hybridized carbons (Fsp3) is 0.263. The van der Waals surface area contributed by atoms with Crippen molar-refractivity contribution in [2.45, 2.75) is 6.43 Å². The second-order valence-corrected chi connectivity index (χ2v) is 8.07. The molecule has 0 saturated carbocycles. The Labute approximate surface area is 162 Å². The molecule has 4 rings (SSSR count). The van der Waals surface area contributed by atoms with Crippen molar-refractivity contribution in [3.8, 4) is 16.9 Å². The number of rotatable bonds is 4. The van der Waals surface area contributed by atoms with Crippen LogP contribution < -0.4 is 4.90 Å². The summed E-state index contributed by atoms with van der Waals surface area (Å²) in [6.07, 6.45) is -0.445. The fourth-order valence-corrected chi connectivity index (χ4v) is 4.27. The van der Waals surface area contributed by atoms with Crippen LogP contribution in [0.5, 0.6) is 0 Å². The molecule has 3 heterocycles. The van der Waals surface area contributed by atoms with Gasteiger partial charge in [0.1, 0.15) is 11.5 Å². The van der Waals surface area contributed by atoms with Gasteiger partial charge in [-0.25, -0.2) is 22.8 Å². The highest BCUT2D eigenvalue weighted by molar-refractivity contribution is 7.85. The molecule has 0 unspecified atom stereocenters. The average molecular weight is 406 g/mol. The van der Waals surface area contributed by atoms with Crippen molar-refractivity contribution in [2.24, 2.45) is 0 Å². The summed E-state index contributed by atoms with van der Waals surface area (Å²) in [4.78, 5) is 5.97. The highest BCUT2D eigenvalue weighted by atomic mass is 32.2. The Morgan fingerprint density at radius 2 is 1.71 bits per heavy atom. The standard InChI is InChI=1S/C19H17F3N4OS/c20-14-3-6-17(23-11-14)26-18(19(21)22)16(12-24-26)13-1-4-15(5-2-13)25-7-9-28(27)10-8-25/h1-6,11-12,19H,7-10H2. The van der Waals surface area contributed by atoms with Crippen molar-refractivity contribution in [3.63, 3.8) is 0 Å². The minimum absolute atomic E-state index is 0.126. The highest BCUT2D eigenvalue weighted by Gasteiger charge is 2.23. The van der Waals surface area contributed by atoms with Crippen LogP contribution in [0.4, 0.5) is 18.9 Å². The number of halogens is 3. The Hall–Kier alpha value is -2.68. The molecule has 0 amide bonds. The van der Waals surface area contributed by atoms with Gasteiger partial charge in [0.25, 0.3) is 6.43 Å².